The summed E-state index contributed by atoms with van der Waals surface area (Å²) < 4.78 is 0. The van der Waals surface area contributed by atoms with Crippen LogP contribution in [0, 0.1) is 0 Å². The lowest BCUT2D eigenvalue weighted by Crippen LogP contribution is -2.60. The molecule has 0 aromatic heterocycles. The average molecular weight is 267 g/mol. The van der Waals surface area contributed by atoms with Crippen LogP contribution < -0.4 is 11.1 Å². The first kappa shape index (κ1) is 14.3. The lowest BCUT2D eigenvalue weighted by atomic mass is 9.81. The number of likely N-dealkylation sites (tertiary alicyclic amines) is 1. The molecule has 1 aliphatic heterocycles. The van der Waals surface area contributed by atoms with Gasteiger partial charge in [0.2, 0.25) is 11.8 Å². The summed E-state index contributed by atoms with van der Waals surface area (Å²) >= 11 is 0. The second kappa shape index (κ2) is 5.90. The number of amides is 2. The SMILES string of the molecule is CC(=O)N[C@@H]1CCCN(C(=O)C2(N)CCCCC2)C1. The van der Waals surface area contributed by atoms with Gasteiger partial charge < -0.3 is 16.0 Å². The fourth-order valence-corrected chi connectivity index (χ4v) is 3.28. The van der Waals surface area contributed by atoms with Crippen LogP contribution in [0.5, 0.6) is 0 Å². The van der Waals surface area contributed by atoms with Crippen molar-refractivity contribution in [3.05, 3.63) is 0 Å². The normalized spacial score (nSPS) is 26.8. The van der Waals surface area contributed by atoms with Crippen molar-refractivity contribution in [1.29, 1.82) is 0 Å². The Kier molecular flexibility index (Phi) is 4.45. The molecule has 0 unspecified atom stereocenters. The van der Waals surface area contributed by atoms with Crippen molar-refractivity contribution in [1.82, 2.24) is 10.2 Å². The Hall–Kier alpha value is -1.10. The van der Waals surface area contributed by atoms with Crippen molar-refractivity contribution in [3.63, 3.8) is 0 Å². The van der Waals surface area contributed by atoms with E-state index in [0.717, 1.165) is 45.1 Å². The molecule has 108 valence electrons. The van der Waals surface area contributed by atoms with Gasteiger partial charge in [-0.15, -0.1) is 0 Å². The van der Waals surface area contributed by atoms with Gasteiger partial charge in [0, 0.05) is 26.1 Å². The number of carbonyl (C=O) groups excluding carboxylic acids is 2. The number of nitrogens with one attached hydrogen (secondary N) is 1. The minimum Gasteiger partial charge on any atom is -0.352 e. The van der Waals surface area contributed by atoms with E-state index >= 15 is 0 Å². The van der Waals surface area contributed by atoms with Gasteiger partial charge in [-0.2, -0.15) is 0 Å². The van der Waals surface area contributed by atoms with E-state index in [1.54, 1.807) is 0 Å². The highest BCUT2D eigenvalue weighted by Crippen LogP contribution is 2.28. The molecular formula is C14H25N3O2. The number of nitrogens with zero attached hydrogens (tertiary/aromatic N) is 1. The average Bonchev–Trinajstić information content (AvgIpc) is 2.38. The summed E-state index contributed by atoms with van der Waals surface area (Å²) in [5, 5.41) is 2.91. The molecule has 0 aromatic carbocycles. The molecule has 1 saturated heterocycles. The van der Waals surface area contributed by atoms with Gasteiger partial charge in [-0.25, -0.2) is 0 Å². The smallest absolute Gasteiger partial charge is 0.242 e. The molecule has 1 aliphatic carbocycles. The van der Waals surface area contributed by atoms with E-state index in [2.05, 4.69) is 5.32 Å². The van der Waals surface area contributed by atoms with Crippen molar-refractivity contribution >= 4 is 11.8 Å². The largest absolute Gasteiger partial charge is 0.352 e. The highest BCUT2D eigenvalue weighted by Gasteiger charge is 2.39. The summed E-state index contributed by atoms with van der Waals surface area (Å²) in [6, 6.07) is 0.0855. The number of hydrogen-bond acceptors (Lipinski definition) is 3. The van der Waals surface area contributed by atoms with Crippen LogP contribution in [0.3, 0.4) is 0 Å². The summed E-state index contributed by atoms with van der Waals surface area (Å²) in [5.74, 6) is 0.0571. The topological polar surface area (TPSA) is 75.4 Å². The third-order valence-corrected chi connectivity index (χ3v) is 4.29. The van der Waals surface area contributed by atoms with Crippen LogP contribution in [0.4, 0.5) is 0 Å². The fraction of sp³-hybridized carbons (Fsp3) is 0.857. The van der Waals surface area contributed by atoms with E-state index in [1.807, 2.05) is 4.90 Å². The van der Waals surface area contributed by atoms with Crippen LogP contribution in [0.2, 0.25) is 0 Å². The van der Waals surface area contributed by atoms with E-state index in [4.69, 9.17) is 5.73 Å². The molecule has 5 heteroatoms. The molecule has 2 amide bonds. The Morgan fingerprint density at radius 1 is 1.21 bits per heavy atom. The molecule has 3 N–H and O–H groups in total. The molecule has 19 heavy (non-hydrogen) atoms. The monoisotopic (exact) mass is 267 g/mol. The molecule has 1 saturated carbocycles. The summed E-state index contributed by atoms with van der Waals surface area (Å²) in [4.78, 5) is 25.6. The second-order valence-electron chi connectivity index (χ2n) is 6.01. The van der Waals surface area contributed by atoms with Crippen molar-refractivity contribution in [3.8, 4) is 0 Å². The van der Waals surface area contributed by atoms with Gasteiger partial charge in [-0.1, -0.05) is 19.3 Å². The quantitative estimate of drug-likeness (QED) is 0.776. The van der Waals surface area contributed by atoms with E-state index in [-0.39, 0.29) is 17.9 Å². The van der Waals surface area contributed by atoms with Crippen molar-refractivity contribution in [2.45, 2.75) is 63.5 Å². The third-order valence-electron chi connectivity index (χ3n) is 4.29. The highest BCUT2D eigenvalue weighted by molar-refractivity contribution is 5.86. The van der Waals surface area contributed by atoms with Gasteiger partial charge >= 0.3 is 0 Å². The molecule has 2 aliphatic rings. The van der Waals surface area contributed by atoms with Crippen LogP contribution in [0.15, 0.2) is 0 Å². The molecule has 0 spiro atoms. The molecular weight excluding hydrogens is 242 g/mol. The molecule has 0 radical (unpaired) electrons. The van der Waals surface area contributed by atoms with Gasteiger partial charge in [-0.05, 0) is 25.7 Å². The molecule has 1 heterocycles. The Bertz CT molecular complexity index is 351. The first-order chi connectivity index (χ1) is 9.01. The Morgan fingerprint density at radius 2 is 1.89 bits per heavy atom. The maximum absolute atomic E-state index is 12.6. The fourth-order valence-electron chi connectivity index (χ4n) is 3.28. The van der Waals surface area contributed by atoms with Crippen molar-refractivity contribution in [2.75, 3.05) is 13.1 Å². The molecule has 0 aromatic rings. The standard InChI is InChI=1S/C14H25N3O2/c1-11(18)16-12-6-5-9-17(10-12)13(19)14(15)7-3-2-4-8-14/h12H,2-10,15H2,1H3,(H,16,18)/t12-/m1/s1. The van der Waals surface area contributed by atoms with E-state index in [1.165, 1.54) is 13.3 Å². The summed E-state index contributed by atoms with van der Waals surface area (Å²) in [6.45, 7) is 2.90. The van der Waals surface area contributed by atoms with E-state index in [0.29, 0.717) is 6.54 Å². The van der Waals surface area contributed by atoms with Crippen molar-refractivity contribution in [2.24, 2.45) is 5.73 Å². The van der Waals surface area contributed by atoms with Crippen LogP contribution in [-0.2, 0) is 9.59 Å². The predicted molar refractivity (Wildman–Crippen MR) is 73.4 cm³/mol. The maximum Gasteiger partial charge on any atom is 0.242 e. The van der Waals surface area contributed by atoms with Gasteiger partial charge in [0.25, 0.3) is 0 Å². The Labute approximate surface area is 114 Å². The predicted octanol–water partition coefficient (Wildman–Crippen LogP) is 0.775. The van der Waals surface area contributed by atoms with Gasteiger partial charge in [0.1, 0.15) is 0 Å². The minimum atomic E-state index is -0.656. The number of rotatable bonds is 2. The number of carbonyl (C=O) groups is 2. The zero-order valence-corrected chi connectivity index (χ0v) is 11.8. The molecule has 5 nitrogen and oxygen atoms in total. The number of piperidine rings is 1. The summed E-state index contributed by atoms with van der Waals surface area (Å²) in [6.07, 6.45) is 6.76. The minimum absolute atomic E-state index is 0.0283. The van der Waals surface area contributed by atoms with Crippen LogP contribution in [0.25, 0.3) is 0 Å². The van der Waals surface area contributed by atoms with Crippen molar-refractivity contribution < 1.29 is 9.59 Å². The molecule has 0 bridgehead atoms. The third kappa shape index (κ3) is 3.47. The Morgan fingerprint density at radius 3 is 2.53 bits per heavy atom. The Balaban J connectivity index is 1.96. The van der Waals surface area contributed by atoms with Gasteiger partial charge in [-0.3, -0.25) is 9.59 Å². The van der Waals surface area contributed by atoms with Gasteiger partial charge in [0.05, 0.1) is 5.54 Å². The first-order valence-electron chi connectivity index (χ1n) is 7.37. The van der Waals surface area contributed by atoms with Gasteiger partial charge in [0.15, 0.2) is 0 Å². The second-order valence-corrected chi connectivity index (χ2v) is 6.01. The molecule has 2 rings (SSSR count). The van der Waals surface area contributed by atoms with Crippen LogP contribution in [0.1, 0.15) is 51.9 Å². The summed E-state index contributed by atoms with van der Waals surface area (Å²) in [5.41, 5.74) is 5.65. The highest BCUT2D eigenvalue weighted by atomic mass is 16.2. The molecule has 1 atom stereocenters. The lowest BCUT2D eigenvalue weighted by molar-refractivity contribution is -0.140. The zero-order chi connectivity index (χ0) is 13.9. The lowest BCUT2D eigenvalue weighted by Gasteiger charge is -2.40. The zero-order valence-electron chi connectivity index (χ0n) is 11.8. The van der Waals surface area contributed by atoms with Crippen LogP contribution in [-0.4, -0.2) is 41.4 Å². The number of hydrogen-bond donors (Lipinski definition) is 2. The van der Waals surface area contributed by atoms with E-state index < -0.39 is 5.54 Å². The molecule has 2 fully saturated rings. The van der Waals surface area contributed by atoms with Crippen LogP contribution >= 0.6 is 0 Å². The van der Waals surface area contributed by atoms with E-state index in [9.17, 15) is 9.59 Å². The summed E-state index contributed by atoms with van der Waals surface area (Å²) in [7, 11) is 0. The number of nitrogens with two attached hydrogens (primary N) is 1. The first-order valence-corrected chi connectivity index (χ1v) is 7.37. The maximum atomic E-state index is 12.6.